The summed E-state index contributed by atoms with van der Waals surface area (Å²) in [6, 6.07) is 5.72. The molecular formula is C17H20FIN4O. The zero-order valence-electron chi connectivity index (χ0n) is 13.5. The normalized spacial score (nSPS) is 11.5. The monoisotopic (exact) mass is 441 g/mol. The van der Waals surface area contributed by atoms with Crippen LogP contribution in [-0.2, 0) is 0 Å². The molecule has 1 heterocycles. The fraction of sp³-hybridized carbons (Fsp3) is 0.353. The lowest BCUT2D eigenvalue weighted by Gasteiger charge is -2.18. The fourth-order valence-corrected chi connectivity index (χ4v) is 2.65. The number of carbonyl (C=O) groups is 1. The molecule has 1 N–H and O–H groups in total. The summed E-state index contributed by atoms with van der Waals surface area (Å²) < 4.78 is 13.1. The lowest BCUT2D eigenvalue weighted by atomic mass is 10.3. The molecule has 0 radical (unpaired) electrons. The third-order valence-corrected chi connectivity index (χ3v) is 4.19. The highest BCUT2D eigenvalue weighted by molar-refractivity contribution is 14.1. The molecule has 0 aliphatic carbocycles. The number of nitrogens with one attached hydrogen (secondary N) is 1. The van der Waals surface area contributed by atoms with Crippen molar-refractivity contribution < 1.29 is 9.18 Å². The first-order chi connectivity index (χ1) is 11.6. The van der Waals surface area contributed by atoms with Gasteiger partial charge in [0.1, 0.15) is 12.4 Å². The first-order valence-electron chi connectivity index (χ1n) is 7.78. The summed E-state index contributed by atoms with van der Waals surface area (Å²) in [5.41, 5.74) is 1.79. The van der Waals surface area contributed by atoms with Gasteiger partial charge in [0.25, 0.3) is 5.91 Å². The van der Waals surface area contributed by atoms with Gasteiger partial charge in [0.05, 0.1) is 17.2 Å². The Morgan fingerprint density at radius 1 is 1.38 bits per heavy atom. The minimum absolute atomic E-state index is 0.238. The van der Waals surface area contributed by atoms with Crippen LogP contribution in [0, 0.1) is 3.57 Å². The Bertz CT molecular complexity index is 723. The maximum Gasteiger partial charge on any atom is 0.271 e. The highest BCUT2D eigenvalue weighted by Crippen LogP contribution is 2.13. The highest BCUT2D eigenvalue weighted by Gasteiger charge is 2.09. The molecule has 128 valence electrons. The lowest BCUT2D eigenvalue weighted by Crippen LogP contribution is -2.35. The molecule has 0 atom stereocenters. The van der Waals surface area contributed by atoms with Crippen LogP contribution in [0.1, 0.15) is 17.4 Å². The summed E-state index contributed by atoms with van der Waals surface area (Å²) in [7, 11) is 0. The second-order valence-electron chi connectivity index (χ2n) is 5.16. The molecular weight excluding hydrogens is 421 g/mol. The van der Waals surface area contributed by atoms with E-state index in [1.54, 1.807) is 6.08 Å². The maximum atomic E-state index is 12.2. The zero-order chi connectivity index (χ0) is 17.4. The van der Waals surface area contributed by atoms with Crippen molar-refractivity contribution in [2.45, 2.75) is 6.92 Å². The van der Waals surface area contributed by atoms with Crippen molar-refractivity contribution in [2.75, 3.05) is 32.9 Å². The number of halogens is 2. The molecule has 7 heteroatoms. The van der Waals surface area contributed by atoms with E-state index in [4.69, 9.17) is 0 Å². The average Bonchev–Trinajstić information content (AvgIpc) is 2.59. The van der Waals surface area contributed by atoms with E-state index in [0.29, 0.717) is 30.8 Å². The number of benzene rings is 1. The Balaban J connectivity index is 1.90. The molecule has 1 amide bonds. The summed E-state index contributed by atoms with van der Waals surface area (Å²) in [5.74, 6) is -0.238. The van der Waals surface area contributed by atoms with Gasteiger partial charge in [-0.15, -0.1) is 0 Å². The summed E-state index contributed by atoms with van der Waals surface area (Å²) in [4.78, 5) is 22.9. The highest BCUT2D eigenvalue weighted by atomic mass is 127. The van der Waals surface area contributed by atoms with Gasteiger partial charge in [0.2, 0.25) is 0 Å². The molecule has 0 spiro atoms. The molecule has 2 aromatic rings. The molecule has 0 bridgehead atoms. The number of alkyl halides is 1. The van der Waals surface area contributed by atoms with Crippen molar-refractivity contribution in [3.05, 3.63) is 45.8 Å². The van der Waals surface area contributed by atoms with Crippen LogP contribution in [0.5, 0.6) is 0 Å². The van der Waals surface area contributed by atoms with Crippen LogP contribution in [0.4, 0.5) is 4.39 Å². The zero-order valence-corrected chi connectivity index (χ0v) is 15.7. The summed E-state index contributed by atoms with van der Waals surface area (Å²) in [6.45, 7) is 4.28. The Labute approximate surface area is 154 Å². The average molecular weight is 441 g/mol. The van der Waals surface area contributed by atoms with Crippen LogP contribution in [0.25, 0.3) is 11.0 Å². The van der Waals surface area contributed by atoms with Gasteiger partial charge in [0.15, 0.2) is 0 Å². The van der Waals surface area contributed by atoms with Gasteiger partial charge in [-0.25, -0.2) is 9.37 Å². The number of fused-ring (bicyclic) bond motifs is 1. The molecule has 0 fully saturated rings. The Morgan fingerprint density at radius 3 is 2.96 bits per heavy atom. The van der Waals surface area contributed by atoms with Crippen LogP contribution >= 0.6 is 22.6 Å². The number of nitrogens with zero attached hydrogens (tertiary/aromatic N) is 3. The number of allylic oxidation sites excluding steroid dienone is 1. The number of rotatable bonds is 8. The number of aromatic nitrogens is 2. The molecule has 0 saturated heterocycles. The minimum Gasteiger partial charge on any atom is -0.349 e. The van der Waals surface area contributed by atoms with E-state index >= 15 is 0 Å². The number of hydrogen-bond acceptors (Lipinski definition) is 4. The lowest BCUT2D eigenvalue weighted by molar-refractivity contribution is 0.0944. The maximum absolute atomic E-state index is 12.2. The molecule has 0 aliphatic heterocycles. The second-order valence-corrected chi connectivity index (χ2v) is 6.41. The summed E-state index contributed by atoms with van der Waals surface area (Å²) in [6.07, 6.45) is 4.78. The summed E-state index contributed by atoms with van der Waals surface area (Å²) in [5, 5.41) is 2.85. The van der Waals surface area contributed by atoms with E-state index < -0.39 is 6.67 Å². The predicted molar refractivity (Wildman–Crippen MR) is 102 cm³/mol. The van der Waals surface area contributed by atoms with Crippen molar-refractivity contribution in [1.29, 1.82) is 0 Å². The van der Waals surface area contributed by atoms with Crippen molar-refractivity contribution in [2.24, 2.45) is 0 Å². The van der Waals surface area contributed by atoms with E-state index in [2.05, 4.69) is 42.8 Å². The van der Waals surface area contributed by atoms with Gasteiger partial charge in [0, 0.05) is 23.2 Å². The molecule has 1 aromatic carbocycles. The van der Waals surface area contributed by atoms with E-state index in [1.165, 1.54) is 12.3 Å². The van der Waals surface area contributed by atoms with Crippen LogP contribution in [0.2, 0.25) is 0 Å². The van der Waals surface area contributed by atoms with Crippen molar-refractivity contribution in [1.82, 2.24) is 20.2 Å². The molecule has 2 rings (SSSR count). The third-order valence-electron chi connectivity index (χ3n) is 3.52. The molecule has 0 saturated carbocycles. The van der Waals surface area contributed by atoms with Crippen LogP contribution < -0.4 is 5.32 Å². The van der Waals surface area contributed by atoms with Crippen molar-refractivity contribution >= 4 is 39.5 Å². The van der Waals surface area contributed by atoms with Crippen molar-refractivity contribution in [3.8, 4) is 0 Å². The Morgan fingerprint density at radius 2 is 2.21 bits per heavy atom. The van der Waals surface area contributed by atoms with Gasteiger partial charge >= 0.3 is 0 Å². The Kier molecular flexibility index (Phi) is 7.51. The molecule has 5 nitrogen and oxygen atoms in total. The van der Waals surface area contributed by atoms with Crippen LogP contribution in [-0.4, -0.2) is 53.6 Å². The van der Waals surface area contributed by atoms with Crippen LogP contribution in [0.15, 0.2) is 36.5 Å². The quantitative estimate of drug-likeness (QED) is 0.506. The van der Waals surface area contributed by atoms with Crippen LogP contribution in [0.3, 0.4) is 0 Å². The molecule has 0 unspecified atom stereocenters. The van der Waals surface area contributed by atoms with E-state index in [9.17, 15) is 9.18 Å². The predicted octanol–water partition coefficient (Wildman–Crippen LogP) is 2.81. The van der Waals surface area contributed by atoms with E-state index in [-0.39, 0.29) is 5.91 Å². The minimum atomic E-state index is -0.450. The fourth-order valence-electron chi connectivity index (χ4n) is 2.18. The largest absolute Gasteiger partial charge is 0.349 e. The van der Waals surface area contributed by atoms with Crippen molar-refractivity contribution in [3.63, 3.8) is 0 Å². The van der Waals surface area contributed by atoms with Gasteiger partial charge in [-0.2, -0.15) is 0 Å². The second kappa shape index (κ2) is 9.63. The smallest absolute Gasteiger partial charge is 0.271 e. The van der Waals surface area contributed by atoms with Gasteiger partial charge < -0.3 is 5.32 Å². The first-order valence-corrected chi connectivity index (χ1v) is 8.85. The number of amides is 1. The summed E-state index contributed by atoms with van der Waals surface area (Å²) >= 11 is 2.21. The topological polar surface area (TPSA) is 58.1 Å². The van der Waals surface area contributed by atoms with E-state index in [1.807, 2.05) is 25.1 Å². The molecule has 0 aliphatic rings. The number of hydrogen-bond donors (Lipinski definition) is 1. The molecule has 1 aromatic heterocycles. The standard InChI is InChI=1S/C17H20FIN4O/c1-2-23(9-4-3-7-18)10-8-20-17(24)16-12-21-15-11-13(19)5-6-14(15)22-16/h3-6,11-12H,2,7-10H2,1H3,(H,20,24)/b4-3+/i18-1. The van der Waals surface area contributed by atoms with Gasteiger partial charge in [-0.3, -0.25) is 14.7 Å². The SMILES string of the molecule is CCN(C/C=C/C[18F])CCNC(=O)c1cnc2cc(I)ccc2n1. The first kappa shape index (κ1) is 18.7. The third kappa shape index (κ3) is 5.48. The van der Waals surface area contributed by atoms with E-state index in [0.717, 1.165) is 15.6 Å². The van der Waals surface area contributed by atoms with Gasteiger partial charge in [-0.05, 0) is 47.3 Å². The Hall–Kier alpha value is -1.61. The number of carbonyl (C=O) groups excluding carboxylic acids is 1. The van der Waals surface area contributed by atoms with Gasteiger partial charge in [-0.1, -0.05) is 19.1 Å². The number of likely N-dealkylation sites (N-methyl/N-ethyl adjacent to an activating group) is 1. The molecule has 24 heavy (non-hydrogen) atoms.